The number of nitrogens with one attached hydrogen (secondary N) is 1. The zero-order valence-corrected chi connectivity index (χ0v) is 11.1. The second-order valence-electron chi connectivity index (χ2n) is 5.13. The molecule has 0 aromatic carbocycles. The van der Waals surface area contributed by atoms with Crippen LogP contribution in [0.15, 0.2) is 22.9 Å². The highest BCUT2D eigenvalue weighted by molar-refractivity contribution is 9.10. The molecule has 0 aliphatic carbocycles. The first-order chi connectivity index (χ1) is 8.22. The van der Waals surface area contributed by atoms with Gasteiger partial charge in [0.05, 0.1) is 11.5 Å². The molecule has 3 rings (SSSR count). The minimum atomic E-state index is -0.339. The Balaban J connectivity index is 2.00. The summed E-state index contributed by atoms with van der Waals surface area (Å²) < 4.78 is 0.954. The number of nitriles is 1. The number of piperidine rings is 1. The molecule has 3 atom stereocenters. The molecule has 0 saturated carbocycles. The number of hydrogen-bond donors (Lipinski definition) is 1. The predicted molar refractivity (Wildman–Crippen MR) is 68.4 cm³/mol. The van der Waals surface area contributed by atoms with E-state index in [0.29, 0.717) is 12.1 Å². The number of hydrogen-bond acceptors (Lipinski definition) is 3. The summed E-state index contributed by atoms with van der Waals surface area (Å²) >= 11 is 3.44. The summed E-state index contributed by atoms with van der Waals surface area (Å²) in [5.74, 6) is 0. The van der Waals surface area contributed by atoms with Crippen LogP contribution in [0.3, 0.4) is 0 Å². The summed E-state index contributed by atoms with van der Waals surface area (Å²) in [4.78, 5) is 4.20. The first kappa shape index (κ1) is 11.2. The highest BCUT2D eigenvalue weighted by Crippen LogP contribution is 2.42. The van der Waals surface area contributed by atoms with Crippen molar-refractivity contribution in [2.24, 2.45) is 0 Å². The van der Waals surface area contributed by atoms with Gasteiger partial charge in [0.2, 0.25) is 0 Å². The van der Waals surface area contributed by atoms with E-state index in [1.807, 2.05) is 12.3 Å². The van der Waals surface area contributed by atoms with Gasteiger partial charge in [-0.05, 0) is 53.2 Å². The Labute approximate surface area is 109 Å². The molecule has 4 heteroatoms. The fraction of sp³-hybridized carbons (Fsp3) is 0.538. The van der Waals surface area contributed by atoms with Gasteiger partial charge < -0.3 is 5.32 Å². The van der Waals surface area contributed by atoms with Crippen LogP contribution in [0.4, 0.5) is 0 Å². The molecule has 2 aliphatic rings. The van der Waals surface area contributed by atoms with Gasteiger partial charge in [0.25, 0.3) is 0 Å². The molecule has 1 N–H and O–H groups in total. The van der Waals surface area contributed by atoms with Gasteiger partial charge in [-0.3, -0.25) is 4.98 Å². The SMILES string of the molecule is N#CC1(c2cncc(Br)c2)C[C@H]2CC[C@@H](C1)N2. The number of nitrogens with zero attached hydrogens (tertiary/aromatic N) is 2. The van der Waals surface area contributed by atoms with E-state index in [2.05, 4.69) is 32.3 Å². The van der Waals surface area contributed by atoms with E-state index >= 15 is 0 Å². The highest BCUT2D eigenvalue weighted by Gasteiger charge is 2.45. The molecule has 88 valence electrons. The van der Waals surface area contributed by atoms with Crippen molar-refractivity contribution in [1.82, 2.24) is 10.3 Å². The quantitative estimate of drug-likeness (QED) is 0.865. The maximum atomic E-state index is 9.63. The van der Waals surface area contributed by atoms with E-state index in [1.165, 1.54) is 12.8 Å². The summed E-state index contributed by atoms with van der Waals surface area (Å²) in [6, 6.07) is 5.62. The third-order valence-corrected chi connectivity index (χ3v) is 4.43. The maximum absolute atomic E-state index is 9.63. The Hall–Kier alpha value is -0.920. The Bertz CT molecular complexity index is 468. The van der Waals surface area contributed by atoms with Crippen LogP contribution in [-0.2, 0) is 5.41 Å². The van der Waals surface area contributed by atoms with Crippen molar-refractivity contribution in [2.75, 3.05) is 0 Å². The minimum Gasteiger partial charge on any atom is -0.311 e. The lowest BCUT2D eigenvalue weighted by atomic mass is 9.72. The molecule has 3 nitrogen and oxygen atoms in total. The average Bonchev–Trinajstić information content (AvgIpc) is 2.69. The lowest BCUT2D eigenvalue weighted by Gasteiger charge is -2.36. The third kappa shape index (κ3) is 1.88. The van der Waals surface area contributed by atoms with Crippen molar-refractivity contribution in [3.05, 3.63) is 28.5 Å². The van der Waals surface area contributed by atoms with Gasteiger partial charge in [-0.25, -0.2) is 0 Å². The van der Waals surface area contributed by atoms with Crippen molar-refractivity contribution >= 4 is 15.9 Å². The predicted octanol–water partition coefficient (Wildman–Crippen LogP) is 2.52. The summed E-state index contributed by atoms with van der Waals surface area (Å²) in [5.41, 5.74) is 0.723. The van der Waals surface area contributed by atoms with Crippen molar-refractivity contribution in [1.29, 1.82) is 5.26 Å². The smallest absolute Gasteiger partial charge is 0.0867 e. The van der Waals surface area contributed by atoms with E-state index in [-0.39, 0.29) is 5.41 Å². The zero-order chi connectivity index (χ0) is 11.9. The molecule has 1 aromatic rings. The van der Waals surface area contributed by atoms with Gasteiger partial charge in [-0.15, -0.1) is 0 Å². The van der Waals surface area contributed by atoms with E-state index in [0.717, 1.165) is 22.9 Å². The van der Waals surface area contributed by atoms with Gasteiger partial charge >= 0.3 is 0 Å². The summed E-state index contributed by atoms with van der Waals surface area (Å²) in [6.45, 7) is 0. The van der Waals surface area contributed by atoms with Crippen molar-refractivity contribution in [3.8, 4) is 6.07 Å². The van der Waals surface area contributed by atoms with Crippen LogP contribution in [0.1, 0.15) is 31.2 Å². The van der Waals surface area contributed by atoms with Gasteiger partial charge in [0, 0.05) is 29.0 Å². The molecule has 1 unspecified atom stereocenters. The van der Waals surface area contributed by atoms with Gasteiger partial charge in [0.1, 0.15) is 0 Å². The Kier molecular flexibility index (Phi) is 2.68. The molecule has 1 aromatic heterocycles. The molecule has 17 heavy (non-hydrogen) atoms. The number of pyridine rings is 1. The van der Waals surface area contributed by atoms with Crippen molar-refractivity contribution < 1.29 is 0 Å². The maximum Gasteiger partial charge on any atom is 0.0867 e. The summed E-state index contributed by atoms with van der Waals surface area (Å²) in [6.07, 6.45) is 7.85. The monoisotopic (exact) mass is 291 g/mol. The summed E-state index contributed by atoms with van der Waals surface area (Å²) in [5, 5.41) is 13.2. The molecule has 2 aliphatic heterocycles. The lowest BCUT2D eigenvalue weighted by molar-refractivity contribution is 0.304. The fourth-order valence-electron chi connectivity index (χ4n) is 3.21. The van der Waals surface area contributed by atoms with Crippen LogP contribution in [0.25, 0.3) is 0 Å². The normalized spacial score (nSPS) is 35.5. The molecule has 0 amide bonds. The van der Waals surface area contributed by atoms with Gasteiger partial charge in [-0.2, -0.15) is 5.26 Å². The first-order valence-electron chi connectivity index (χ1n) is 6.00. The molecule has 0 radical (unpaired) electrons. The number of rotatable bonds is 1. The highest BCUT2D eigenvalue weighted by atomic mass is 79.9. The van der Waals surface area contributed by atoms with Crippen LogP contribution in [0.2, 0.25) is 0 Å². The van der Waals surface area contributed by atoms with E-state index in [9.17, 15) is 5.26 Å². The second kappa shape index (κ2) is 4.08. The van der Waals surface area contributed by atoms with Crippen molar-refractivity contribution in [3.63, 3.8) is 0 Å². The van der Waals surface area contributed by atoms with Crippen LogP contribution >= 0.6 is 15.9 Å². The lowest BCUT2D eigenvalue weighted by Crippen LogP contribution is -2.46. The Morgan fingerprint density at radius 2 is 2.06 bits per heavy atom. The molecule has 0 spiro atoms. The number of halogens is 1. The second-order valence-corrected chi connectivity index (χ2v) is 6.05. The Morgan fingerprint density at radius 3 is 2.65 bits per heavy atom. The van der Waals surface area contributed by atoms with Gasteiger partial charge in [-0.1, -0.05) is 0 Å². The molecule has 2 saturated heterocycles. The van der Waals surface area contributed by atoms with E-state index in [4.69, 9.17) is 0 Å². The van der Waals surface area contributed by atoms with Crippen LogP contribution in [0, 0.1) is 11.3 Å². The zero-order valence-electron chi connectivity index (χ0n) is 9.49. The van der Waals surface area contributed by atoms with E-state index < -0.39 is 0 Å². The number of aromatic nitrogens is 1. The largest absolute Gasteiger partial charge is 0.311 e. The molecule has 2 fully saturated rings. The minimum absolute atomic E-state index is 0.339. The van der Waals surface area contributed by atoms with Gasteiger partial charge in [0.15, 0.2) is 0 Å². The average molecular weight is 292 g/mol. The molecule has 3 heterocycles. The van der Waals surface area contributed by atoms with Crippen LogP contribution in [0.5, 0.6) is 0 Å². The third-order valence-electron chi connectivity index (χ3n) is 4.00. The summed E-state index contributed by atoms with van der Waals surface area (Å²) in [7, 11) is 0. The van der Waals surface area contributed by atoms with Crippen LogP contribution < -0.4 is 5.32 Å². The Morgan fingerprint density at radius 1 is 1.35 bits per heavy atom. The van der Waals surface area contributed by atoms with Crippen molar-refractivity contribution in [2.45, 2.75) is 43.2 Å². The van der Waals surface area contributed by atoms with Crippen LogP contribution in [-0.4, -0.2) is 17.1 Å². The molecule has 2 bridgehead atoms. The topological polar surface area (TPSA) is 48.7 Å². The number of fused-ring (bicyclic) bond motifs is 2. The fourth-order valence-corrected chi connectivity index (χ4v) is 3.58. The molecular formula is C13H14BrN3. The standard InChI is InChI=1S/C13H14BrN3/c14-10-3-9(6-16-7-10)13(8-15)4-11-1-2-12(5-13)17-11/h3,6-7,11-12,17H,1-2,4-5H2/t11-,12+,13?. The first-order valence-corrected chi connectivity index (χ1v) is 6.79. The van der Waals surface area contributed by atoms with E-state index in [1.54, 1.807) is 6.20 Å². The molecular weight excluding hydrogens is 278 g/mol.